The van der Waals surface area contributed by atoms with E-state index in [0.717, 1.165) is 0 Å². The minimum absolute atomic E-state index is 0.702. The summed E-state index contributed by atoms with van der Waals surface area (Å²) < 4.78 is 1.24. The van der Waals surface area contributed by atoms with Gasteiger partial charge in [-0.3, -0.25) is 0 Å². The lowest BCUT2D eigenvalue weighted by Gasteiger charge is -2.42. The van der Waals surface area contributed by atoms with E-state index in [2.05, 4.69) is 19.4 Å². The van der Waals surface area contributed by atoms with E-state index in [1.54, 1.807) is 0 Å². The molecule has 0 aromatic carbocycles. The Kier molecular flexibility index (Phi) is 1.92. The Morgan fingerprint density at radius 1 is 1.08 bits per heavy atom. The molecule has 0 amide bonds. The molecule has 0 saturated carbocycles. The van der Waals surface area contributed by atoms with Gasteiger partial charge in [-0.25, -0.2) is 0 Å². The molecule has 0 bridgehead atoms. The van der Waals surface area contributed by atoms with Crippen molar-refractivity contribution >= 4 is 0 Å². The molecule has 2 saturated heterocycles. The molecule has 2 heteroatoms. The quantitative estimate of drug-likeness (QED) is 0.530. The monoisotopic (exact) mass is 169 g/mol. The minimum Gasteiger partial charge on any atom is -0.328 e. The van der Waals surface area contributed by atoms with E-state index in [0.29, 0.717) is 5.41 Å². The summed E-state index contributed by atoms with van der Waals surface area (Å²) in [6, 6.07) is 0. The van der Waals surface area contributed by atoms with E-state index in [9.17, 15) is 0 Å². The van der Waals surface area contributed by atoms with Gasteiger partial charge in [0.15, 0.2) is 0 Å². The van der Waals surface area contributed by atoms with Crippen molar-refractivity contribution in [2.24, 2.45) is 5.41 Å². The topological polar surface area (TPSA) is 12.0 Å². The SMILES string of the molecule is C[N+]1(C)CCC2(CCNC2)CC1. The molecule has 0 atom stereocenters. The molecule has 1 N–H and O–H groups in total. The summed E-state index contributed by atoms with van der Waals surface area (Å²) in [6.45, 7) is 5.30. The van der Waals surface area contributed by atoms with Crippen LogP contribution in [0.1, 0.15) is 19.3 Å². The molecule has 12 heavy (non-hydrogen) atoms. The second-order valence-corrected chi connectivity index (χ2v) is 5.31. The van der Waals surface area contributed by atoms with Crippen molar-refractivity contribution in [3.8, 4) is 0 Å². The molecule has 0 radical (unpaired) electrons. The second-order valence-electron chi connectivity index (χ2n) is 5.31. The van der Waals surface area contributed by atoms with E-state index in [-0.39, 0.29) is 0 Å². The first-order valence-corrected chi connectivity index (χ1v) is 5.15. The molecule has 0 aromatic heterocycles. The first-order chi connectivity index (χ1) is 5.62. The molecule has 0 unspecified atom stereocenters. The fourth-order valence-corrected chi connectivity index (χ4v) is 2.54. The lowest BCUT2D eigenvalue weighted by Crippen LogP contribution is -2.50. The number of quaternary nitrogens is 1. The molecule has 0 aliphatic carbocycles. The van der Waals surface area contributed by atoms with E-state index in [4.69, 9.17) is 0 Å². The summed E-state index contributed by atoms with van der Waals surface area (Å²) in [5.41, 5.74) is 0.702. The van der Waals surface area contributed by atoms with Crippen molar-refractivity contribution in [3.05, 3.63) is 0 Å². The van der Waals surface area contributed by atoms with Gasteiger partial charge < -0.3 is 9.80 Å². The van der Waals surface area contributed by atoms with Gasteiger partial charge in [0.05, 0.1) is 27.2 Å². The van der Waals surface area contributed by atoms with Crippen LogP contribution < -0.4 is 5.32 Å². The normalized spacial score (nSPS) is 32.5. The number of hydrogen-bond acceptors (Lipinski definition) is 1. The van der Waals surface area contributed by atoms with Crippen molar-refractivity contribution in [1.29, 1.82) is 0 Å². The highest BCUT2D eigenvalue weighted by atomic mass is 15.3. The van der Waals surface area contributed by atoms with E-state index in [1.807, 2.05) is 0 Å². The average molecular weight is 169 g/mol. The molecule has 1 spiro atoms. The lowest BCUT2D eigenvalue weighted by molar-refractivity contribution is -0.897. The van der Waals surface area contributed by atoms with Crippen LogP contribution in [0.2, 0.25) is 0 Å². The molecule has 0 aromatic rings. The molecule has 2 fully saturated rings. The zero-order valence-corrected chi connectivity index (χ0v) is 8.40. The number of likely N-dealkylation sites (tertiary alicyclic amines) is 1. The summed E-state index contributed by atoms with van der Waals surface area (Å²) in [4.78, 5) is 0. The molecular weight excluding hydrogens is 148 g/mol. The van der Waals surface area contributed by atoms with Gasteiger partial charge in [-0.1, -0.05) is 0 Å². The fraction of sp³-hybridized carbons (Fsp3) is 1.00. The van der Waals surface area contributed by atoms with Crippen LogP contribution in [-0.4, -0.2) is 44.8 Å². The number of piperidine rings is 1. The highest BCUT2D eigenvalue weighted by molar-refractivity contribution is 4.89. The largest absolute Gasteiger partial charge is 0.328 e. The van der Waals surface area contributed by atoms with E-state index >= 15 is 0 Å². The molecular formula is C10H21N2+. The highest BCUT2D eigenvalue weighted by Crippen LogP contribution is 2.37. The summed E-state index contributed by atoms with van der Waals surface area (Å²) in [5, 5.41) is 3.50. The van der Waals surface area contributed by atoms with E-state index in [1.165, 1.54) is 49.9 Å². The Labute approximate surface area is 75.5 Å². The van der Waals surface area contributed by atoms with Crippen LogP contribution in [0.5, 0.6) is 0 Å². The van der Waals surface area contributed by atoms with Gasteiger partial charge in [-0.2, -0.15) is 0 Å². The third-order valence-corrected chi connectivity index (χ3v) is 3.83. The number of rotatable bonds is 0. The summed E-state index contributed by atoms with van der Waals surface area (Å²) in [5.74, 6) is 0. The second kappa shape index (κ2) is 2.71. The Morgan fingerprint density at radius 2 is 1.75 bits per heavy atom. The van der Waals surface area contributed by atoms with Crippen LogP contribution in [0.4, 0.5) is 0 Å². The van der Waals surface area contributed by atoms with Crippen LogP contribution in [0.15, 0.2) is 0 Å². The van der Waals surface area contributed by atoms with Crippen molar-refractivity contribution in [3.63, 3.8) is 0 Å². The van der Waals surface area contributed by atoms with Crippen LogP contribution in [0, 0.1) is 5.41 Å². The molecule has 2 aliphatic rings. The van der Waals surface area contributed by atoms with Gasteiger partial charge in [0, 0.05) is 19.4 Å². The van der Waals surface area contributed by atoms with Crippen LogP contribution >= 0.6 is 0 Å². The zero-order chi connectivity index (χ0) is 8.66. The van der Waals surface area contributed by atoms with Gasteiger partial charge in [-0.05, 0) is 18.4 Å². The summed E-state index contributed by atoms with van der Waals surface area (Å²) in [7, 11) is 4.71. The van der Waals surface area contributed by atoms with Crippen LogP contribution in [0.25, 0.3) is 0 Å². The predicted molar refractivity (Wildman–Crippen MR) is 51.0 cm³/mol. The number of nitrogens with one attached hydrogen (secondary N) is 1. The fourth-order valence-electron chi connectivity index (χ4n) is 2.54. The Bertz CT molecular complexity index is 157. The first-order valence-electron chi connectivity index (χ1n) is 5.15. The van der Waals surface area contributed by atoms with Crippen molar-refractivity contribution in [2.45, 2.75) is 19.3 Å². The Morgan fingerprint density at radius 3 is 2.25 bits per heavy atom. The maximum absolute atomic E-state index is 3.50. The predicted octanol–water partition coefficient (Wildman–Crippen LogP) is 0.836. The van der Waals surface area contributed by atoms with Gasteiger partial charge in [0.25, 0.3) is 0 Å². The first kappa shape index (κ1) is 8.52. The van der Waals surface area contributed by atoms with Gasteiger partial charge >= 0.3 is 0 Å². The molecule has 2 aliphatic heterocycles. The summed E-state index contributed by atoms with van der Waals surface area (Å²) in [6.07, 6.45) is 4.30. The third-order valence-electron chi connectivity index (χ3n) is 3.83. The Balaban J connectivity index is 1.97. The smallest absolute Gasteiger partial charge is 0.0788 e. The van der Waals surface area contributed by atoms with Crippen molar-refractivity contribution in [2.75, 3.05) is 40.3 Å². The van der Waals surface area contributed by atoms with Crippen LogP contribution in [0.3, 0.4) is 0 Å². The lowest BCUT2D eigenvalue weighted by atomic mass is 9.77. The maximum atomic E-state index is 3.50. The van der Waals surface area contributed by atoms with E-state index < -0.39 is 0 Å². The minimum atomic E-state index is 0.702. The van der Waals surface area contributed by atoms with Crippen molar-refractivity contribution < 1.29 is 4.48 Å². The zero-order valence-electron chi connectivity index (χ0n) is 8.40. The highest BCUT2D eigenvalue weighted by Gasteiger charge is 2.40. The van der Waals surface area contributed by atoms with Gasteiger partial charge in [-0.15, -0.1) is 0 Å². The maximum Gasteiger partial charge on any atom is 0.0788 e. The molecule has 70 valence electrons. The van der Waals surface area contributed by atoms with Gasteiger partial charge in [0.1, 0.15) is 0 Å². The average Bonchev–Trinajstić information content (AvgIpc) is 2.46. The standard InChI is InChI=1S/C10H21N2/c1-12(2)7-4-10(5-8-12)3-6-11-9-10/h11H,3-9H2,1-2H3/q+1. The van der Waals surface area contributed by atoms with Crippen molar-refractivity contribution in [1.82, 2.24) is 5.32 Å². The third kappa shape index (κ3) is 1.50. The van der Waals surface area contributed by atoms with Crippen LogP contribution in [-0.2, 0) is 0 Å². The molecule has 2 heterocycles. The Hall–Kier alpha value is -0.0800. The number of hydrogen-bond donors (Lipinski definition) is 1. The van der Waals surface area contributed by atoms with Gasteiger partial charge in [0.2, 0.25) is 0 Å². The molecule has 2 nitrogen and oxygen atoms in total. The summed E-state index contributed by atoms with van der Waals surface area (Å²) >= 11 is 0. The molecule has 2 rings (SSSR count). The number of nitrogens with zero attached hydrogens (tertiary/aromatic N) is 1.